The van der Waals surface area contributed by atoms with E-state index in [4.69, 9.17) is 11.2 Å². The van der Waals surface area contributed by atoms with E-state index in [0.29, 0.717) is 0 Å². The van der Waals surface area contributed by atoms with Crippen molar-refractivity contribution >= 4 is 17.2 Å². The molecule has 0 amide bonds. The summed E-state index contributed by atoms with van der Waals surface area (Å²) < 4.78 is 0. The van der Waals surface area contributed by atoms with E-state index in [9.17, 15) is 0 Å². The number of hydrogen-bond donors (Lipinski definition) is 0. The number of hydrogen-bond acceptors (Lipinski definition) is 0. The van der Waals surface area contributed by atoms with Gasteiger partial charge in [0.05, 0.1) is 0 Å². The van der Waals surface area contributed by atoms with Crippen LogP contribution in [0.4, 0.5) is 0 Å². The van der Waals surface area contributed by atoms with Crippen LogP contribution in [0.25, 0.3) is 0 Å². The first-order chi connectivity index (χ1) is 8.04. The van der Waals surface area contributed by atoms with Gasteiger partial charge in [-0.15, -0.1) is 0 Å². The van der Waals surface area contributed by atoms with Gasteiger partial charge in [0.15, 0.2) is 0 Å². The Balaban J connectivity index is 4.76. The fraction of sp³-hybridized carbons (Fsp3) is 1.00. The van der Waals surface area contributed by atoms with E-state index in [1.165, 1.54) is 69.6 Å². The molecule has 0 aliphatic carbocycles. The molecule has 0 atom stereocenters. The van der Waals surface area contributed by atoms with Gasteiger partial charge in [-0.05, 0) is 0 Å². The Hall–Kier alpha value is 0.720. The molecule has 0 aliphatic rings. The van der Waals surface area contributed by atoms with E-state index in [0.717, 1.165) is 0 Å². The molecule has 0 saturated heterocycles. The summed E-state index contributed by atoms with van der Waals surface area (Å²) in [4.78, 5) is 0. The van der Waals surface area contributed by atoms with Gasteiger partial charge in [-0.2, -0.15) is 0 Å². The second-order valence-corrected chi connectivity index (χ2v) is 14.1. The standard InChI is InChI=1S/C15H34ClP/c1-5-9-13-17(16,12-8-4,14-10-6-2)15-11-7-3/h5-15H2,1-4H3. The van der Waals surface area contributed by atoms with E-state index >= 15 is 0 Å². The molecule has 0 radical (unpaired) electrons. The van der Waals surface area contributed by atoms with Crippen LogP contribution < -0.4 is 0 Å². The molecule has 0 aliphatic heterocycles. The first-order valence-corrected chi connectivity index (χ1v) is 11.6. The third-order valence-electron chi connectivity index (χ3n) is 3.99. The third kappa shape index (κ3) is 6.44. The zero-order valence-electron chi connectivity index (χ0n) is 12.6. The molecule has 17 heavy (non-hydrogen) atoms. The topological polar surface area (TPSA) is 0 Å². The van der Waals surface area contributed by atoms with Crippen LogP contribution in [-0.4, -0.2) is 24.6 Å². The van der Waals surface area contributed by atoms with Crippen LogP contribution in [-0.2, 0) is 0 Å². The fourth-order valence-corrected chi connectivity index (χ4v) is 10.3. The van der Waals surface area contributed by atoms with Crippen molar-refractivity contribution < 1.29 is 0 Å². The molecule has 0 rings (SSSR count). The van der Waals surface area contributed by atoms with Crippen molar-refractivity contribution in [3.05, 3.63) is 0 Å². The molecule has 0 bridgehead atoms. The van der Waals surface area contributed by atoms with Gasteiger partial charge in [0, 0.05) is 0 Å². The van der Waals surface area contributed by atoms with Crippen molar-refractivity contribution in [1.29, 1.82) is 0 Å². The maximum absolute atomic E-state index is 7.36. The molecule has 0 aromatic heterocycles. The number of rotatable bonds is 11. The summed E-state index contributed by atoms with van der Waals surface area (Å²) in [6.45, 7) is 9.20. The SMILES string of the molecule is CCCCP(Cl)(CCC)(CCCC)CCCC. The monoisotopic (exact) mass is 280 g/mol. The first-order valence-electron chi connectivity index (χ1n) is 7.76. The van der Waals surface area contributed by atoms with Crippen LogP contribution in [0.3, 0.4) is 0 Å². The molecule has 106 valence electrons. The second kappa shape index (κ2) is 8.76. The summed E-state index contributed by atoms with van der Waals surface area (Å²) in [6.07, 6.45) is 14.6. The minimum atomic E-state index is -1.87. The number of unbranched alkanes of at least 4 members (excludes halogenated alkanes) is 3. The average Bonchev–Trinajstić information content (AvgIpc) is 2.33. The van der Waals surface area contributed by atoms with Crippen molar-refractivity contribution in [2.75, 3.05) is 24.6 Å². The second-order valence-electron chi connectivity index (χ2n) is 5.77. The fourth-order valence-electron chi connectivity index (χ4n) is 2.89. The molecule has 0 nitrogen and oxygen atoms in total. The van der Waals surface area contributed by atoms with Gasteiger partial charge >= 0.3 is 114 Å². The Labute approximate surface area is 115 Å². The van der Waals surface area contributed by atoms with Crippen LogP contribution in [0.1, 0.15) is 72.6 Å². The van der Waals surface area contributed by atoms with Gasteiger partial charge in [0.25, 0.3) is 0 Å². The summed E-state index contributed by atoms with van der Waals surface area (Å²) in [7, 11) is 0. The van der Waals surface area contributed by atoms with Crippen LogP contribution in [0.5, 0.6) is 0 Å². The molecule has 0 fully saturated rings. The Morgan fingerprint density at radius 3 is 1.18 bits per heavy atom. The van der Waals surface area contributed by atoms with Crippen molar-refractivity contribution in [3.8, 4) is 0 Å². The maximum atomic E-state index is 7.36. The Bertz CT molecular complexity index is 167. The molecule has 0 aromatic carbocycles. The molecule has 2 heteroatoms. The predicted octanol–water partition coefficient (Wildman–Crippen LogP) is 6.50. The molecule has 0 aromatic rings. The van der Waals surface area contributed by atoms with Crippen LogP contribution in [0, 0.1) is 0 Å². The van der Waals surface area contributed by atoms with Gasteiger partial charge in [0.1, 0.15) is 0 Å². The van der Waals surface area contributed by atoms with Gasteiger partial charge < -0.3 is 0 Å². The van der Waals surface area contributed by atoms with Crippen molar-refractivity contribution in [3.63, 3.8) is 0 Å². The minimum absolute atomic E-state index is 1.28. The van der Waals surface area contributed by atoms with Crippen molar-refractivity contribution in [2.45, 2.75) is 72.6 Å². The van der Waals surface area contributed by atoms with Gasteiger partial charge in [-0.3, -0.25) is 0 Å². The summed E-state index contributed by atoms with van der Waals surface area (Å²) in [5, 5.41) is 0. The van der Waals surface area contributed by atoms with E-state index < -0.39 is 5.96 Å². The predicted molar refractivity (Wildman–Crippen MR) is 87.3 cm³/mol. The molecule has 0 heterocycles. The molecule has 0 unspecified atom stereocenters. The average molecular weight is 281 g/mol. The Morgan fingerprint density at radius 1 is 0.588 bits per heavy atom. The zero-order chi connectivity index (χ0) is 13.2. The van der Waals surface area contributed by atoms with Gasteiger partial charge in [-0.25, -0.2) is 0 Å². The van der Waals surface area contributed by atoms with Crippen molar-refractivity contribution in [2.24, 2.45) is 0 Å². The third-order valence-corrected chi connectivity index (χ3v) is 11.9. The quantitative estimate of drug-likeness (QED) is 0.379. The van der Waals surface area contributed by atoms with Crippen LogP contribution in [0.15, 0.2) is 0 Å². The van der Waals surface area contributed by atoms with Crippen LogP contribution >= 0.6 is 17.2 Å². The van der Waals surface area contributed by atoms with E-state index in [1.54, 1.807) is 0 Å². The van der Waals surface area contributed by atoms with Crippen LogP contribution in [0.2, 0.25) is 0 Å². The van der Waals surface area contributed by atoms with E-state index in [2.05, 4.69) is 27.7 Å². The summed E-state index contributed by atoms with van der Waals surface area (Å²) in [6, 6.07) is 0. The summed E-state index contributed by atoms with van der Waals surface area (Å²) in [5.41, 5.74) is 0. The Morgan fingerprint density at radius 2 is 0.941 bits per heavy atom. The zero-order valence-corrected chi connectivity index (χ0v) is 14.3. The summed E-state index contributed by atoms with van der Waals surface area (Å²) >= 11 is 7.36. The Kier molecular flexibility index (Phi) is 9.13. The molecule has 0 saturated carbocycles. The van der Waals surface area contributed by atoms with E-state index in [-0.39, 0.29) is 0 Å². The first kappa shape index (κ1) is 17.7. The van der Waals surface area contributed by atoms with Gasteiger partial charge in [0.2, 0.25) is 0 Å². The normalized spacial score (nSPS) is 14.5. The van der Waals surface area contributed by atoms with Gasteiger partial charge in [-0.1, -0.05) is 0 Å². The molecule has 0 N–H and O–H groups in total. The summed E-state index contributed by atoms with van der Waals surface area (Å²) in [5.74, 6) is -1.87. The van der Waals surface area contributed by atoms with Crippen molar-refractivity contribution in [1.82, 2.24) is 0 Å². The molecular formula is C15H34ClP. The van der Waals surface area contributed by atoms with E-state index in [1.807, 2.05) is 0 Å². The molecule has 0 spiro atoms. The number of halogens is 1. The molecular weight excluding hydrogens is 247 g/mol.